The number of benzene rings is 2. The average molecular weight is 254 g/mol. The second-order valence-corrected chi connectivity index (χ2v) is 4.66. The summed E-state index contributed by atoms with van der Waals surface area (Å²) < 4.78 is 2.12. The number of fused-ring (bicyclic) bond motifs is 2. The highest BCUT2D eigenvalue weighted by atomic mass is 32.1. The van der Waals surface area contributed by atoms with E-state index >= 15 is 0 Å². The average Bonchev–Trinajstić information content (AvgIpc) is 2.39. The van der Waals surface area contributed by atoms with Gasteiger partial charge >= 0.3 is 0 Å². The van der Waals surface area contributed by atoms with Crippen LogP contribution in [0.25, 0.3) is 21.8 Å². The van der Waals surface area contributed by atoms with E-state index in [0.29, 0.717) is 0 Å². The molecule has 1 heterocycles. The molecule has 88 valence electrons. The Kier molecular flexibility index (Phi) is 2.49. The van der Waals surface area contributed by atoms with Gasteiger partial charge in [-0.1, -0.05) is 24.3 Å². The molecule has 3 heteroatoms. The van der Waals surface area contributed by atoms with Crippen molar-refractivity contribution < 1.29 is 9.67 Å². The summed E-state index contributed by atoms with van der Waals surface area (Å²) in [6.45, 7) is 0. The van der Waals surface area contributed by atoms with E-state index < -0.39 is 0 Å². The van der Waals surface area contributed by atoms with Crippen molar-refractivity contribution in [3.63, 3.8) is 0 Å². The van der Waals surface area contributed by atoms with Crippen LogP contribution in [-0.4, -0.2) is 10.2 Å². The van der Waals surface area contributed by atoms with E-state index in [1.54, 1.807) is 0 Å². The number of hydrogen-bond donors (Lipinski definition) is 1. The van der Waals surface area contributed by atoms with Crippen LogP contribution in [0.15, 0.2) is 48.5 Å². The number of rotatable bonds is 1. The third-order valence-electron chi connectivity index (χ3n) is 3.28. The Bertz CT molecular complexity index is 723. The molecule has 3 rings (SSSR count). The summed E-state index contributed by atoms with van der Waals surface area (Å²) in [5.74, 6) is 0. The minimum absolute atomic E-state index is 0.0528. The predicted molar refractivity (Wildman–Crippen MR) is 77.0 cm³/mol. The molecule has 2 nitrogen and oxygen atoms in total. The smallest absolute Gasteiger partial charge is 0.213 e. The molecule has 0 bridgehead atoms. The largest absolute Gasteiger partial charge is 0.498 e. The van der Waals surface area contributed by atoms with Crippen molar-refractivity contribution in [1.29, 1.82) is 0 Å². The van der Waals surface area contributed by atoms with Crippen LogP contribution >= 0.6 is 12.2 Å². The molecule has 0 fully saturated rings. The molecule has 0 saturated heterocycles. The minimum atomic E-state index is -0.0528. The molecule has 0 unspecified atom stereocenters. The van der Waals surface area contributed by atoms with Crippen LogP contribution in [0.4, 0.5) is 0 Å². The molecule has 0 spiro atoms. The molecular weight excluding hydrogens is 242 g/mol. The first-order chi connectivity index (χ1) is 8.70. The van der Waals surface area contributed by atoms with Crippen molar-refractivity contribution in [2.24, 2.45) is 7.05 Å². The molecule has 1 aromatic heterocycles. The van der Waals surface area contributed by atoms with Crippen LogP contribution in [-0.2, 0) is 7.05 Å². The standard InChI is InChI=1S/C15H11NOS/c1-16-12-8-4-2-6-10(12)14(15(17)18)11-7-3-5-9-13(11)16/h2-9H,1H3/p+1. The number of aryl methyl sites for hydroxylation is 1. The van der Waals surface area contributed by atoms with E-state index in [0.717, 1.165) is 27.4 Å². The third kappa shape index (κ3) is 1.48. The number of aliphatic hydroxyl groups is 1. The first-order valence-electron chi connectivity index (χ1n) is 5.73. The van der Waals surface area contributed by atoms with Crippen LogP contribution < -0.4 is 4.57 Å². The molecule has 0 amide bonds. The first kappa shape index (κ1) is 11.1. The summed E-state index contributed by atoms with van der Waals surface area (Å²) in [5, 5.41) is 11.7. The number of aliphatic hydroxyl groups excluding tert-OH is 1. The van der Waals surface area contributed by atoms with E-state index in [1.165, 1.54) is 0 Å². The van der Waals surface area contributed by atoms with Gasteiger partial charge in [-0.15, -0.1) is 0 Å². The molecule has 0 aliphatic rings. The molecule has 0 aliphatic heterocycles. The SMILES string of the molecule is C[n+]1c2ccccc2c(C(O)=S)c2ccccc21. The fraction of sp³-hybridized carbons (Fsp3) is 0.0667. The second-order valence-electron chi connectivity index (χ2n) is 4.27. The van der Waals surface area contributed by atoms with Crippen molar-refractivity contribution >= 4 is 39.1 Å². The summed E-state index contributed by atoms with van der Waals surface area (Å²) >= 11 is 5.01. The Morgan fingerprint density at radius 3 is 1.83 bits per heavy atom. The van der Waals surface area contributed by atoms with Crippen LogP contribution in [0.3, 0.4) is 0 Å². The maximum absolute atomic E-state index is 9.83. The Labute approximate surface area is 110 Å². The van der Waals surface area contributed by atoms with Gasteiger partial charge in [-0.2, -0.15) is 4.57 Å². The van der Waals surface area contributed by atoms with Crippen molar-refractivity contribution in [2.75, 3.05) is 0 Å². The maximum atomic E-state index is 9.83. The predicted octanol–water partition coefficient (Wildman–Crippen LogP) is 3.05. The molecule has 0 aliphatic carbocycles. The number of pyridine rings is 1. The monoisotopic (exact) mass is 254 g/mol. The molecule has 1 N–H and O–H groups in total. The lowest BCUT2D eigenvalue weighted by atomic mass is 10.0. The zero-order valence-corrected chi connectivity index (χ0v) is 10.7. The van der Waals surface area contributed by atoms with Crippen LogP contribution in [0.1, 0.15) is 5.56 Å². The van der Waals surface area contributed by atoms with Gasteiger partial charge < -0.3 is 5.11 Å². The van der Waals surface area contributed by atoms with Gasteiger partial charge in [0.1, 0.15) is 7.05 Å². The first-order valence-corrected chi connectivity index (χ1v) is 6.14. The fourth-order valence-corrected chi connectivity index (χ4v) is 2.68. The van der Waals surface area contributed by atoms with Crippen molar-refractivity contribution in [1.82, 2.24) is 0 Å². The van der Waals surface area contributed by atoms with Crippen molar-refractivity contribution in [3.05, 3.63) is 54.1 Å². The molecule has 18 heavy (non-hydrogen) atoms. The summed E-state index contributed by atoms with van der Waals surface area (Å²) in [4.78, 5) is 0. The summed E-state index contributed by atoms with van der Waals surface area (Å²) in [5.41, 5.74) is 2.86. The third-order valence-corrected chi connectivity index (χ3v) is 3.49. The Balaban J connectivity index is 2.67. The van der Waals surface area contributed by atoms with Crippen LogP contribution in [0.5, 0.6) is 0 Å². The Morgan fingerprint density at radius 2 is 1.39 bits per heavy atom. The van der Waals surface area contributed by atoms with E-state index in [4.69, 9.17) is 12.2 Å². The quantitative estimate of drug-likeness (QED) is 0.410. The molecular formula is C15H12NOS+. The van der Waals surface area contributed by atoms with Gasteiger partial charge in [0.05, 0.1) is 16.3 Å². The van der Waals surface area contributed by atoms with Crippen LogP contribution in [0.2, 0.25) is 0 Å². The van der Waals surface area contributed by atoms with Gasteiger partial charge in [-0.25, -0.2) is 0 Å². The second kappa shape index (κ2) is 4.03. The number of thiocarbonyl (C=S) groups is 1. The molecule has 0 saturated carbocycles. The lowest BCUT2D eigenvalue weighted by Crippen LogP contribution is -2.31. The van der Waals surface area contributed by atoms with Crippen molar-refractivity contribution in [3.8, 4) is 0 Å². The highest BCUT2D eigenvalue weighted by Gasteiger charge is 2.18. The summed E-state index contributed by atoms with van der Waals surface area (Å²) in [7, 11) is 2.02. The van der Waals surface area contributed by atoms with Gasteiger partial charge in [-0.05, 0) is 24.4 Å². The molecule has 3 aromatic rings. The van der Waals surface area contributed by atoms with Crippen molar-refractivity contribution in [2.45, 2.75) is 0 Å². The minimum Gasteiger partial charge on any atom is -0.498 e. The fourth-order valence-electron chi connectivity index (χ4n) is 2.46. The van der Waals surface area contributed by atoms with Gasteiger partial charge in [-0.3, -0.25) is 0 Å². The zero-order chi connectivity index (χ0) is 12.7. The number of hydrogen-bond acceptors (Lipinski definition) is 1. The topological polar surface area (TPSA) is 24.1 Å². The zero-order valence-electron chi connectivity index (χ0n) is 9.92. The normalized spacial score (nSPS) is 10.9. The van der Waals surface area contributed by atoms with E-state index in [9.17, 15) is 5.11 Å². The molecule has 0 atom stereocenters. The highest BCUT2D eigenvalue weighted by Crippen LogP contribution is 2.24. The van der Waals surface area contributed by atoms with Gasteiger partial charge in [0.25, 0.3) is 0 Å². The summed E-state index contributed by atoms with van der Waals surface area (Å²) in [6, 6.07) is 15.9. The van der Waals surface area contributed by atoms with Gasteiger partial charge in [0.15, 0.2) is 5.05 Å². The molecule has 2 aromatic carbocycles. The highest BCUT2D eigenvalue weighted by molar-refractivity contribution is 7.80. The van der Waals surface area contributed by atoms with Gasteiger partial charge in [0, 0.05) is 12.1 Å². The molecule has 0 radical (unpaired) electrons. The van der Waals surface area contributed by atoms with Gasteiger partial charge in [0.2, 0.25) is 11.0 Å². The van der Waals surface area contributed by atoms with E-state index in [-0.39, 0.29) is 5.05 Å². The maximum Gasteiger partial charge on any atom is 0.213 e. The number of para-hydroxylation sites is 2. The Morgan fingerprint density at radius 1 is 0.944 bits per heavy atom. The summed E-state index contributed by atoms with van der Waals surface area (Å²) in [6.07, 6.45) is 0. The number of nitrogens with zero attached hydrogens (tertiary/aromatic N) is 1. The van der Waals surface area contributed by atoms with Crippen LogP contribution in [0, 0.1) is 0 Å². The Hall–Kier alpha value is -2.00. The number of aromatic nitrogens is 1. The van der Waals surface area contributed by atoms with E-state index in [1.807, 2.05) is 55.6 Å². The van der Waals surface area contributed by atoms with E-state index in [2.05, 4.69) is 4.57 Å². The lowest BCUT2D eigenvalue weighted by Gasteiger charge is -2.07. The lowest BCUT2D eigenvalue weighted by molar-refractivity contribution is -0.617.